The van der Waals surface area contributed by atoms with E-state index in [1.165, 1.54) is 13.3 Å². The molecule has 1 aliphatic heterocycles. The van der Waals surface area contributed by atoms with Gasteiger partial charge in [-0.15, -0.1) is 0 Å². The number of hydrogen-bond donors (Lipinski definition) is 1. The van der Waals surface area contributed by atoms with Crippen LogP contribution in [0.15, 0.2) is 54.6 Å². The van der Waals surface area contributed by atoms with Gasteiger partial charge >= 0.3 is 5.97 Å². The molecule has 1 saturated heterocycles. The molecule has 1 amide bonds. The molecule has 3 rings (SSSR count). The lowest BCUT2D eigenvalue weighted by atomic mass is 10.00. The van der Waals surface area contributed by atoms with Gasteiger partial charge in [0.2, 0.25) is 5.91 Å². The van der Waals surface area contributed by atoms with Gasteiger partial charge in [-0.3, -0.25) is 9.59 Å². The van der Waals surface area contributed by atoms with Gasteiger partial charge in [-0.2, -0.15) is 0 Å². The largest absolute Gasteiger partial charge is 0.460 e. The summed E-state index contributed by atoms with van der Waals surface area (Å²) < 4.78 is 5.56. The van der Waals surface area contributed by atoms with Gasteiger partial charge in [0.1, 0.15) is 6.61 Å². The molecule has 2 aromatic rings. The summed E-state index contributed by atoms with van der Waals surface area (Å²) in [6, 6.07) is 16.8. The lowest BCUT2D eigenvalue weighted by molar-refractivity contribution is -0.119. The van der Waals surface area contributed by atoms with E-state index < -0.39 is 5.97 Å². The fourth-order valence-corrected chi connectivity index (χ4v) is 4.63. The molecule has 0 spiro atoms. The second-order valence-electron chi connectivity index (χ2n) is 8.49. The van der Waals surface area contributed by atoms with Crippen molar-refractivity contribution in [3.63, 3.8) is 0 Å². The van der Waals surface area contributed by atoms with Crippen LogP contribution >= 0.6 is 11.8 Å². The number of esters is 1. The molecular formula is C26H32N2O4S. The first-order valence-electron chi connectivity index (χ1n) is 11.4. The van der Waals surface area contributed by atoms with Gasteiger partial charge in [-0.25, -0.2) is 4.79 Å². The molecule has 1 aliphatic rings. The van der Waals surface area contributed by atoms with Crippen LogP contribution in [0.25, 0.3) is 0 Å². The van der Waals surface area contributed by atoms with E-state index in [9.17, 15) is 14.4 Å². The fourth-order valence-electron chi connectivity index (χ4n) is 3.92. The zero-order valence-electron chi connectivity index (χ0n) is 19.3. The van der Waals surface area contributed by atoms with Crippen LogP contribution in [-0.4, -0.2) is 53.9 Å². The molecule has 0 radical (unpaired) electrons. The summed E-state index contributed by atoms with van der Waals surface area (Å²) in [7, 11) is 2.06. The first-order chi connectivity index (χ1) is 15.9. The van der Waals surface area contributed by atoms with Crippen molar-refractivity contribution < 1.29 is 19.1 Å². The van der Waals surface area contributed by atoms with E-state index in [2.05, 4.69) is 17.3 Å². The molecule has 1 N–H and O–H groups in total. The lowest BCUT2D eigenvalue weighted by Crippen LogP contribution is -2.39. The van der Waals surface area contributed by atoms with Crippen LogP contribution in [0, 0.1) is 5.92 Å². The van der Waals surface area contributed by atoms with Crippen molar-refractivity contribution >= 4 is 34.4 Å². The normalized spacial score (nSPS) is 17.2. The lowest BCUT2D eigenvalue weighted by Gasteiger charge is -2.31. The van der Waals surface area contributed by atoms with E-state index in [1.54, 1.807) is 24.3 Å². The van der Waals surface area contributed by atoms with Crippen LogP contribution in [0.1, 0.15) is 42.1 Å². The van der Waals surface area contributed by atoms with Crippen molar-refractivity contribution in [1.82, 2.24) is 4.90 Å². The molecule has 2 aromatic carbocycles. The van der Waals surface area contributed by atoms with Gasteiger partial charge in [0.15, 0.2) is 5.12 Å². The standard InChI is InChI=1S/C26H32N2O4S/c1-19(29)33-18-22(15-20-9-4-3-5-10-20)25(30)27-23-12-8-11-21(16-23)26(31)32-17-24-13-6-7-14-28(24)2/h3-5,8-12,16,22,24H,6-7,13-15,17-18H2,1-2H3,(H,27,30). The van der Waals surface area contributed by atoms with Crippen LogP contribution in [0.5, 0.6) is 0 Å². The number of amides is 1. The third-order valence-electron chi connectivity index (χ3n) is 5.88. The molecule has 2 atom stereocenters. The Morgan fingerprint density at radius 1 is 1.12 bits per heavy atom. The van der Waals surface area contributed by atoms with Gasteiger partial charge in [0.05, 0.1) is 11.5 Å². The Labute approximate surface area is 200 Å². The van der Waals surface area contributed by atoms with Crippen molar-refractivity contribution in [1.29, 1.82) is 0 Å². The summed E-state index contributed by atoms with van der Waals surface area (Å²) >= 11 is 1.15. The second-order valence-corrected chi connectivity index (χ2v) is 9.68. The highest BCUT2D eigenvalue weighted by Crippen LogP contribution is 2.20. The Morgan fingerprint density at radius 3 is 2.64 bits per heavy atom. The van der Waals surface area contributed by atoms with Crippen LogP contribution in [0.2, 0.25) is 0 Å². The molecule has 1 heterocycles. The van der Waals surface area contributed by atoms with Crippen LogP contribution in [0.4, 0.5) is 5.69 Å². The van der Waals surface area contributed by atoms with Crippen molar-refractivity contribution in [2.24, 2.45) is 5.92 Å². The summed E-state index contributed by atoms with van der Waals surface area (Å²) in [6.45, 7) is 2.89. The molecule has 6 nitrogen and oxygen atoms in total. The maximum atomic E-state index is 13.0. The Hall–Kier alpha value is -2.64. The number of likely N-dealkylation sites (tertiary alicyclic amines) is 1. The predicted octanol–water partition coefficient (Wildman–Crippen LogP) is 4.40. The summed E-state index contributed by atoms with van der Waals surface area (Å²) in [6.07, 6.45) is 3.89. The first-order valence-corrected chi connectivity index (χ1v) is 12.4. The smallest absolute Gasteiger partial charge is 0.338 e. The molecule has 176 valence electrons. The number of benzene rings is 2. The van der Waals surface area contributed by atoms with E-state index in [1.807, 2.05) is 30.3 Å². The Balaban J connectivity index is 1.61. The fraction of sp³-hybridized carbons (Fsp3) is 0.423. The van der Waals surface area contributed by atoms with Gasteiger partial charge in [-0.05, 0) is 56.6 Å². The highest BCUT2D eigenvalue weighted by atomic mass is 32.2. The third-order valence-corrected chi connectivity index (χ3v) is 6.85. The maximum absolute atomic E-state index is 13.0. The minimum absolute atomic E-state index is 0.0192. The zero-order chi connectivity index (χ0) is 23.6. The molecule has 0 saturated carbocycles. The number of ether oxygens (including phenoxy) is 1. The van der Waals surface area contributed by atoms with Crippen molar-refractivity contribution in [2.45, 2.75) is 38.6 Å². The number of nitrogens with one attached hydrogen (secondary N) is 1. The second kappa shape index (κ2) is 12.6. The van der Waals surface area contributed by atoms with Crippen molar-refractivity contribution in [2.75, 3.05) is 31.3 Å². The SMILES string of the molecule is CC(=O)SCC(Cc1ccccc1)C(=O)Nc1cccc(C(=O)OCC2CCCCN2C)c1. The number of likely N-dealkylation sites (N-methyl/N-ethyl adjacent to an activating group) is 1. The quantitative estimate of drug-likeness (QED) is 0.550. The minimum Gasteiger partial charge on any atom is -0.460 e. The molecule has 1 fully saturated rings. The molecule has 0 aromatic heterocycles. The number of nitrogens with zero attached hydrogens (tertiary/aromatic N) is 1. The number of anilines is 1. The van der Waals surface area contributed by atoms with Crippen LogP contribution in [0.3, 0.4) is 0 Å². The van der Waals surface area contributed by atoms with Crippen molar-refractivity contribution in [3.05, 3.63) is 65.7 Å². The molecule has 7 heteroatoms. The van der Waals surface area contributed by atoms with Crippen LogP contribution in [-0.2, 0) is 20.7 Å². The molecule has 33 heavy (non-hydrogen) atoms. The van der Waals surface area contributed by atoms with Gasteiger partial charge in [0.25, 0.3) is 0 Å². The van der Waals surface area contributed by atoms with Crippen molar-refractivity contribution in [3.8, 4) is 0 Å². The highest BCUT2D eigenvalue weighted by molar-refractivity contribution is 8.13. The van der Waals surface area contributed by atoms with Gasteiger partial charge in [0, 0.05) is 24.4 Å². The van der Waals surface area contributed by atoms with Gasteiger partial charge in [-0.1, -0.05) is 54.6 Å². The monoisotopic (exact) mass is 468 g/mol. The highest BCUT2D eigenvalue weighted by Gasteiger charge is 2.22. The number of thioether (sulfide) groups is 1. The molecule has 0 bridgehead atoms. The van der Waals surface area contributed by atoms with E-state index >= 15 is 0 Å². The minimum atomic E-state index is -0.391. The first kappa shape index (κ1) is 25.0. The van der Waals surface area contributed by atoms with E-state index in [0.717, 1.165) is 36.7 Å². The number of carbonyl (C=O) groups excluding carboxylic acids is 3. The van der Waals surface area contributed by atoms with E-state index in [0.29, 0.717) is 30.0 Å². The van der Waals surface area contributed by atoms with Crippen LogP contribution < -0.4 is 5.32 Å². The Bertz CT molecular complexity index is 950. The van der Waals surface area contributed by atoms with Gasteiger partial charge < -0.3 is 15.0 Å². The number of piperidine rings is 1. The Kier molecular flexibility index (Phi) is 9.51. The number of hydrogen-bond acceptors (Lipinski definition) is 6. The average molecular weight is 469 g/mol. The summed E-state index contributed by atoms with van der Waals surface area (Å²) in [5.41, 5.74) is 1.98. The maximum Gasteiger partial charge on any atom is 0.338 e. The molecular weight excluding hydrogens is 436 g/mol. The van der Waals surface area contributed by atoms with E-state index in [4.69, 9.17) is 4.74 Å². The third kappa shape index (κ3) is 8.02. The number of rotatable bonds is 9. The Morgan fingerprint density at radius 2 is 1.91 bits per heavy atom. The topological polar surface area (TPSA) is 75.7 Å². The molecule has 2 unspecified atom stereocenters. The predicted molar refractivity (Wildman–Crippen MR) is 132 cm³/mol. The average Bonchev–Trinajstić information content (AvgIpc) is 2.81. The van der Waals surface area contributed by atoms with E-state index in [-0.39, 0.29) is 23.0 Å². The summed E-state index contributed by atoms with van der Waals surface area (Å²) in [5.74, 6) is -0.550. The zero-order valence-corrected chi connectivity index (χ0v) is 20.1. The number of carbonyl (C=O) groups is 3. The summed E-state index contributed by atoms with van der Waals surface area (Å²) in [5, 5.41) is 2.89. The molecule has 0 aliphatic carbocycles. The summed E-state index contributed by atoms with van der Waals surface area (Å²) in [4.78, 5) is 39.3.